The van der Waals surface area contributed by atoms with E-state index in [9.17, 15) is 4.79 Å². The number of hydrogen-bond acceptors (Lipinski definition) is 2. The minimum absolute atomic E-state index is 0.00189. The highest BCUT2D eigenvalue weighted by Gasteiger charge is 2.24. The Morgan fingerprint density at radius 2 is 1.74 bits per heavy atom. The molecule has 1 aliphatic rings. The molecule has 0 radical (unpaired) electrons. The zero-order chi connectivity index (χ0) is 16.2. The molecule has 1 fully saturated rings. The summed E-state index contributed by atoms with van der Waals surface area (Å²) in [6, 6.07) is 16.4. The number of hydrogen-bond donors (Lipinski definition) is 2. The zero-order valence-electron chi connectivity index (χ0n) is 13.6. The second kappa shape index (κ2) is 6.86. The summed E-state index contributed by atoms with van der Waals surface area (Å²) in [7, 11) is 0. The van der Waals surface area contributed by atoms with Crippen LogP contribution in [0.3, 0.4) is 0 Å². The Morgan fingerprint density at radius 1 is 1.04 bits per heavy atom. The molecule has 0 heterocycles. The summed E-state index contributed by atoms with van der Waals surface area (Å²) in [5, 5.41) is 3.18. The fraction of sp³-hybridized carbons (Fsp3) is 0.350. The molecular weight excluding hydrogens is 284 g/mol. The van der Waals surface area contributed by atoms with Gasteiger partial charge >= 0.3 is 0 Å². The maximum absolute atomic E-state index is 12.5. The molecule has 3 N–H and O–H groups in total. The lowest BCUT2D eigenvalue weighted by molar-refractivity contribution is 0.0925. The van der Waals surface area contributed by atoms with E-state index in [2.05, 4.69) is 35.6 Å². The number of benzene rings is 2. The van der Waals surface area contributed by atoms with E-state index in [0.717, 1.165) is 31.2 Å². The fourth-order valence-electron chi connectivity index (χ4n) is 3.44. The van der Waals surface area contributed by atoms with Crippen molar-refractivity contribution < 1.29 is 4.79 Å². The summed E-state index contributed by atoms with van der Waals surface area (Å²) in [5.41, 5.74) is 9.51. The van der Waals surface area contributed by atoms with Gasteiger partial charge in [-0.1, -0.05) is 36.4 Å². The van der Waals surface area contributed by atoms with Gasteiger partial charge in [-0.05, 0) is 61.8 Å². The molecule has 0 unspecified atom stereocenters. The van der Waals surface area contributed by atoms with Crippen LogP contribution >= 0.6 is 0 Å². The number of amides is 1. The van der Waals surface area contributed by atoms with E-state index < -0.39 is 0 Å². The number of aryl methyl sites for hydroxylation is 1. The van der Waals surface area contributed by atoms with E-state index in [4.69, 9.17) is 5.73 Å². The van der Waals surface area contributed by atoms with E-state index in [0.29, 0.717) is 17.2 Å². The van der Waals surface area contributed by atoms with Gasteiger partial charge < -0.3 is 11.1 Å². The molecule has 23 heavy (non-hydrogen) atoms. The van der Waals surface area contributed by atoms with Crippen molar-refractivity contribution >= 4 is 11.6 Å². The highest BCUT2D eigenvalue weighted by molar-refractivity contribution is 5.96. The van der Waals surface area contributed by atoms with Gasteiger partial charge in [0.1, 0.15) is 0 Å². The molecule has 2 aromatic rings. The van der Waals surface area contributed by atoms with Gasteiger partial charge in [-0.2, -0.15) is 0 Å². The number of carbonyl (C=O) groups is 1. The number of nitrogens with two attached hydrogens (primary N) is 1. The lowest BCUT2D eigenvalue weighted by Gasteiger charge is -2.29. The van der Waals surface area contributed by atoms with Gasteiger partial charge in [0.25, 0.3) is 5.91 Å². The van der Waals surface area contributed by atoms with Crippen LogP contribution in [-0.2, 0) is 0 Å². The molecule has 120 valence electrons. The van der Waals surface area contributed by atoms with Gasteiger partial charge in [0.05, 0.1) is 0 Å². The van der Waals surface area contributed by atoms with Crippen LogP contribution in [0.2, 0.25) is 0 Å². The van der Waals surface area contributed by atoms with Crippen molar-refractivity contribution in [2.45, 2.75) is 44.6 Å². The quantitative estimate of drug-likeness (QED) is 0.841. The molecule has 0 aromatic heterocycles. The molecule has 0 aliphatic heterocycles. The molecule has 3 heteroatoms. The van der Waals surface area contributed by atoms with Gasteiger partial charge in [-0.15, -0.1) is 0 Å². The van der Waals surface area contributed by atoms with E-state index in [1.807, 2.05) is 19.1 Å². The zero-order valence-corrected chi connectivity index (χ0v) is 13.6. The summed E-state index contributed by atoms with van der Waals surface area (Å²) in [6.07, 6.45) is 4.33. The first-order valence-corrected chi connectivity index (χ1v) is 8.35. The number of carbonyl (C=O) groups excluding carboxylic acids is 1. The van der Waals surface area contributed by atoms with Crippen LogP contribution in [0.25, 0.3) is 0 Å². The molecule has 0 atom stereocenters. The molecule has 1 saturated carbocycles. The van der Waals surface area contributed by atoms with Crippen molar-refractivity contribution in [3.8, 4) is 0 Å². The Labute approximate surface area is 137 Å². The number of anilines is 1. The molecule has 1 aliphatic carbocycles. The molecule has 3 nitrogen and oxygen atoms in total. The lowest BCUT2D eigenvalue weighted by atomic mass is 9.81. The number of rotatable bonds is 3. The Morgan fingerprint density at radius 3 is 2.43 bits per heavy atom. The Kier molecular flexibility index (Phi) is 4.65. The highest BCUT2D eigenvalue weighted by Crippen LogP contribution is 2.32. The van der Waals surface area contributed by atoms with Crippen molar-refractivity contribution in [1.82, 2.24) is 5.32 Å². The molecule has 1 amide bonds. The van der Waals surface area contributed by atoms with E-state index >= 15 is 0 Å². The topological polar surface area (TPSA) is 55.1 Å². The van der Waals surface area contributed by atoms with Crippen molar-refractivity contribution in [2.75, 3.05) is 5.73 Å². The average Bonchev–Trinajstić information content (AvgIpc) is 2.58. The van der Waals surface area contributed by atoms with Gasteiger partial charge in [-0.25, -0.2) is 0 Å². The Bertz CT molecular complexity index is 673. The number of nitrogen functional groups attached to an aromatic ring is 1. The first-order chi connectivity index (χ1) is 11.1. The lowest BCUT2D eigenvalue weighted by Crippen LogP contribution is -2.37. The van der Waals surface area contributed by atoms with Crippen LogP contribution in [0.1, 0.15) is 53.1 Å². The van der Waals surface area contributed by atoms with Crippen LogP contribution in [0.15, 0.2) is 48.5 Å². The van der Waals surface area contributed by atoms with Crippen LogP contribution < -0.4 is 11.1 Å². The van der Waals surface area contributed by atoms with Crippen molar-refractivity contribution in [3.05, 3.63) is 65.2 Å². The fourth-order valence-corrected chi connectivity index (χ4v) is 3.44. The minimum atomic E-state index is -0.00189. The molecule has 2 aromatic carbocycles. The normalized spacial score (nSPS) is 20.9. The second-order valence-corrected chi connectivity index (χ2v) is 6.51. The van der Waals surface area contributed by atoms with E-state index in [1.165, 1.54) is 5.56 Å². The highest BCUT2D eigenvalue weighted by atomic mass is 16.1. The van der Waals surface area contributed by atoms with Crippen LogP contribution in [0.5, 0.6) is 0 Å². The summed E-state index contributed by atoms with van der Waals surface area (Å²) in [6.45, 7) is 1.95. The largest absolute Gasteiger partial charge is 0.399 e. The third-order valence-electron chi connectivity index (χ3n) is 4.84. The third-order valence-corrected chi connectivity index (χ3v) is 4.84. The van der Waals surface area contributed by atoms with Crippen LogP contribution in [0, 0.1) is 6.92 Å². The second-order valence-electron chi connectivity index (χ2n) is 6.51. The molecule has 3 rings (SSSR count). The Balaban J connectivity index is 1.58. The SMILES string of the molecule is Cc1ccc(N)cc1C(=O)NC1CCC(c2ccccc2)CC1. The summed E-state index contributed by atoms with van der Waals surface area (Å²) in [4.78, 5) is 12.5. The van der Waals surface area contributed by atoms with E-state index in [1.54, 1.807) is 6.07 Å². The summed E-state index contributed by atoms with van der Waals surface area (Å²) in [5.74, 6) is 0.622. The minimum Gasteiger partial charge on any atom is -0.399 e. The summed E-state index contributed by atoms with van der Waals surface area (Å²) < 4.78 is 0. The first kappa shape index (κ1) is 15.6. The van der Waals surface area contributed by atoms with E-state index in [-0.39, 0.29) is 11.9 Å². The maximum atomic E-state index is 12.5. The average molecular weight is 308 g/mol. The predicted octanol–water partition coefficient (Wildman–Crippen LogP) is 4.03. The Hall–Kier alpha value is -2.29. The molecule has 0 bridgehead atoms. The maximum Gasteiger partial charge on any atom is 0.251 e. The standard InChI is InChI=1S/C20H24N2O/c1-14-7-10-17(21)13-19(14)20(23)22-18-11-8-16(9-12-18)15-5-3-2-4-6-15/h2-7,10,13,16,18H,8-9,11-12,21H2,1H3,(H,22,23). The molecule has 0 saturated heterocycles. The van der Waals surface area contributed by atoms with Crippen LogP contribution in [0.4, 0.5) is 5.69 Å². The predicted molar refractivity (Wildman–Crippen MR) is 94.5 cm³/mol. The summed E-state index contributed by atoms with van der Waals surface area (Å²) >= 11 is 0. The van der Waals surface area contributed by atoms with Gasteiger partial charge in [0.2, 0.25) is 0 Å². The third kappa shape index (κ3) is 3.73. The molecule has 0 spiro atoms. The van der Waals surface area contributed by atoms with Gasteiger partial charge in [0.15, 0.2) is 0 Å². The number of nitrogens with one attached hydrogen (secondary N) is 1. The van der Waals surface area contributed by atoms with Crippen molar-refractivity contribution in [3.63, 3.8) is 0 Å². The van der Waals surface area contributed by atoms with Crippen molar-refractivity contribution in [2.24, 2.45) is 0 Å². The van der Waals surface area contributed by atoms with Crippen molar-refractivity contribution in [1.29, 1.82) is 0 Å². The van der Waals surface area contributed by atoms with Gasteiger partial charge in [0, 0.05) is 17.3 Å². The monoisotopic (exact) mass is 308 g/mol. The van der Waals surface area contributed by atoms with Gasteiger partial charge in [-0.3, -0.25) is 4.79 Å². The van der Waals surface area contributed by atoms with Crippen LogP contribution in [-0.4, -0.2) is 11.9 Å². The first-order valence-electron chi connectivity index (χ1n) is 8.35. The smallest absolute Gasteiger partial charge is 0.251 e. The molecular formula is C20H24N2O.